The third-order valence-corrected chi connectivity index (χ3v) is 5.16. The molecule has 0 radical (unpaired) electrons. The zero-order valence-corrected chi connectivity index (χ0v) is 14.3. The quantitative estimate of drug-likeness (QED) is 0.883. The van der Waals surface area contributed by atoms with Crippen LogP contribution in [0.2, 0.25) is 0 Å². The van der Waals surface area contributed by atoms with Crippen LogP contribution < -0.4 is 5.32 Å². The molecule has 0 saturated carbocycles. The van der Waals surface area contributed by atoms with Crippen molar-refractivity contribution in [1.29, 1.82) is 0 Å². The first-order valence-corrected chi connectivity index (χ1v) is 9.21. The van der Waals surface area contributed by atoms with Crippen LogP contribution in [0.25, 0.3) is 0 Å². The fourth-order valence-electron chi connectivity index (χ4n) is 3.15. The minimum absolute atomic E-state index is 0.146. The number of nitrogens with one attached hydrogen (secondary N) is 1. The molecule has 3 rings (SSSR count). The van der Waals surface area contributed by atoms with Crippen LogP contribution in [-0.4, -0.2) is 29.9 Å². The number of hydrogen-bond donors (Lipinski definition) is 1. The van der Waals surface area contributed by atoms with Gasteiger partial charge in [-0.2, -0.15) is 11.3 Å². The Bertz CT molecular complexity index is 587. The highest BCUT2D eigenvalue weighted by Gasteiger charge is 2.26. The lowest BCUT2D eigenvalue weighted by Crippen LogP contribution is -2.43. The number of carbonyl (C=O) groups is 1. The molecule has 2 aromatic rings. The van der Waals surface area contributed by atoms with Crippen molar-refractivity contribution in [1.82, 2.24) is 10.2 Å². The number of nitrogens with zero attached hydrogens (tertiary/aromatic N) is 1. The van der Waals surface area contributed by atoms with E-state index in [1.807, 2.05) is 12.1 Å². The number of furan rings is 1. The van der Waals surface area contributed by atoms with Gasteiger partial charge >= 0.3 is 0 Å². The first-order valence-electron chi connectivity index (χ1n) is 8.27. The Morgan fingerprint density at radius 2 is 2.26 bits per heavy atom. The third-order valence-electron chi connectivity index (χ3n) is 4.43. The topological polar surface area (TPSA) is 45.5 Å². The van der Waals surface area contributed by atoms with Gasteiger partial charge in [-0.25, -0.2) is 0 Å². The summed E-state index contributed by atoms with van der Waals surface area (Å²) in [6, 6.07) is 6.24. The van der Waals surface area contributed by atoms with E-state index in [1.165, 1.54) is 5.56 Å². The van der Waals surface area contributed by atoms with Crippen molar-refractivity contribution in [3.8, 4) is 0 Å². The normalized spacial score (nSPS) is 18.0. The van der Waals surface area contributed by atoms with Crippen LogP contribution in [0.3, 0.4) is 0 Å². The van der Waals surface area contributed by atoms with Gasteiger partial charge in [0.1, 0.15) is 5.76 Å². The summed E-state index contributed by atoms with van der Waals surface area (Å²) in [6.45, 7) is 4.84. The summed E-state index contributed by atoms with van der Waals surface area (Å²) in [6.07, 6.45) is 4.48. The van der Waals surface area contributed by atoms with Gasteiger partial charge in [0.25, 0.3) is 0 Å². The van der Waals surface area contributed by atoms with E-state index in [4.69, 9.17) is 4.42 Å². The molecule has 124 valence electrons. The Hall–Kier alpha value is -1.59. The molecule has 1 amide bonds. The molecule has 0 bridgehead atoms. The van der Waals surface area contributed by atoms with Gasteiger partial charge < -0.3 is 9.73 Å². The van der Waals surface area contributed by atoms with E-state index in [-0.39, 0.29) is 17.9 Å². The van der Waals surface area contributed by atoms with E-state index in [9.17, 15) is 4.79 Å². The van der Waals surface area contributed by atoms with Gasteiger partial charge in [-0.1, -0.05) is 0 Å². The summed E-state index contributed by atoms with van der Waals surface area (Å²) in [5, 5.41) is 7.41. The molecule has 5 heteroatoms. The van der Waals surface area contributed by atoms with Gasteiger partial charge in [-0.15, -0.1) is 0 Å². The molecular formula is C18H24N2O2S. The molecule has 0 aliphatic carbocycles. The van der Waals surface area contributed by atoms with Gasteiger partial charge in [0.2, 0.25) is 5.91 Å². The van der Waals surface area contributed by atoms with E-state index in [0.29, 0.717) is 0 Å². The Morgan fingerprint density at radius 1 is 1.43 bits per heavy atom. The molecule has 3 heterocycles. The number of rotatable bonds is 6. The van der Waals surface area contributed by atoms with Crippen LogP contribution in [0.5, 0.6) is 0 Å². The molecule has 1 aliphatic heterocycles. The molecule has 1 aliphatic rings. The monoisotopic (exact) mass is 332 g/mol. The lowest BCUT2D eigenvalue weighted by molar-refractivity contribution is -0.127. The second kappa shape index (κ2) is 7.79. The third kappa shape index (κ3) is 4.69. The smallest absolute Gasteiger partial charge is 0.223 e. The number of hydrogen-bond acceptors (Lipinski definition) is 4. The van der Waals surface area contributed by atoms with Crippen LogP contribution in [0.1, 0.15) is 31.1 Å². The first-order chi connectivity index (χ1) is 11.2. The van der Waals surface area contributed by atoms with Crippen LogP contribution in [0.15, 0.2) is 39.6 Å². The summed E-state index contributed by atoms with van der Waals surface area (Å²) in [4.78, 5) is 14.8. The van der Waals surface area contributed by atoms with E-state index in [1.54, 1.807) is 17.6 Å². The molecule has 1 unspecified atom stereocenters. The van der Waals surface area contributed by atoms with Crippen LogP contribution in [0, 0.1) is 5.92 Å². The molecule has 0 aromatic carbocycles. The molecule has 1 atom stereocenters. The van der Waals surface area contributed by atoms with E-state index in [0.717, 1.165) is 44.7 Å². The highest BCUT2D eigenvalue weighted by molar-refractivity contribution is 7.07. The Kier molecular flexibility index (Phi) is 5.51. The minimum Gasteiger partial charge on any atom is -0.468 e. The number of piperidine rings is 1. The SMILES string of the molecule is CC(Cc1ccsc1)NC(=O)C1CCN(Cc2ccco2)CC1. The fourth-order valence-corrected chi connectivity index (χ4v) is 3.83. The first kappa shape index (κ1) is 16.3. The second-order valence-electron chi connectivity index (χ2n) is 6.38. The fraction of sp³-hybridized carbons (Fsp3) is 0.500. The zero-order chi connectivity index (χ0) is 16.1. The molecule has 1 N–H and O–H groups in total. The van der Waals surface area contributed by atoms with E-state index in [2.05, 4.69) is 34.0 Å². The summed E-state index contributed by atoms with van der Waals surface area (Å²) < 4.78 is 5.39. The maximum absolute atomic E-state index is 12.4. The van der Waals surface area contributed by atoms with Crippen molar-refractivity contribution in [2.75, 3.05) is 13.1 Å². The average Bonchev–Trinajstić information content (AvgIpc) is 3.21. The summed E-state index contributed by atoms with van der Waals surface area (Å²) in [5.41, 5.74) is 1.30. The molecule has 0 spiro atoms. The molecule has 1 fully saturated rings. The van der Waals surface area contributed by atoms with Crippen molar-refractivity contribution in [3.05, 3.63) is 46.5 Å². The molecule has 1 saturated heterocycles. The Labute approximate surface area is 141 Å². The van der Waals surface area contributed by atoms with Crippen molar-refractivity contribution >= 4 is 17.2 Å². The molecule has 2 aromatic heterocycles. The highest BCUT2D eigenvalue weighted by Crippen LogP contribution is 2.20. The predicted octanol–water partition coefficient (Wildman–Crippen LogP) is 3.30. The summed E-state index contributed by atoms with van der Waals surface area (Å²) in [7, 11) is 0. The zero-order valence-electron chi connectivity index (χ0n) is 13.5. The van der Waals surface area contributed by atoms with Gasteiger partial charge in [-0.3, -0.25) is 9.69 Å². The molecule has 4 nitrogen and oxygen atoms in total. The Balaban J connectivity index is 1.41. The summed E-state index contributed by atoms with van der Waals surface area (Å²) >= 11 is 1.70. The van der Waals surface area contributed by atoms with E-state index >= 15 is 0 Å². The van der Waals surface area contributed by atoms with Crippen molar-refractivity contribution in [2.45, 2.75) is 38.8 Å². The lowest BCUT2D eigenvalue weighted by Gasteiger charge is -2.31. The maximum atomic E-state index is 12.4. The van der Waals surface area contributed by atoms with Crippen molar-refractivity contribution < 1.29 is 9.21 Å². The highest BCUT2D eigenvalue weighted by atomic mass is 32.1. The largest absolute Gasteiger partial charge is 0.468 e. The van der Waals surface area contributed by atoms with Crippen molar-refractivity contribution in [3.63, 3.8) is 0 Å². The average molecular weight is 332 g/mol. The standard InChI is InChI=1S/C18H24N2O2S/c1-14(11-15-6-10-23-13-15)19-18(21)16-4-7-20(8-5-16)12-17-3-2-9-22-17/h2-3,6,9-10,13-14,16H,4-5,7-8,11-12H2,1H3,(H,19,21). The van der Waals surface area contributed by atoms with E-state index < -0.39 is 0 Å². The second-order valence-corrected chi connectivity index (χ2v) is 7.16. The lowest BCUT2D eigenvalue weighted by atomic mass is 9.95. The van der Waals surface area contributed by atoms with Crippen molar-refractivity contribution in [2.24, 2.45) is 5.92 Å². The molecule has 23 heavy (non-hydrogen) atoms. The maximum Gasteiger partial charge on any atom is 0.223 e. The van der Waals surface area contributed by atoms with Gasteiger partial charge in [-0.05, 0) is 73.8 Å². The van der Waals surface area contributed by atoms with Crippen LogP contribution in [-0.2, 0) is 17.8 Å². The number of likely N-dealkylation sites (tertiary alicyclic amines) is 1. The van der Waals surface area contributed by atoms with Gasteiger partial charge in [0, 0.05) is 12.0 Å². The predicted molar refractivity (Wildman–Crippen MR) is 92.3 cm³/mol. The van der Waals surface area contributed by atoms with Crippen LogP contribution >= 0.6 is 11.3 Å². The van der Waals surface area contributed by atoms with Crippen LogP contribution in [0.4, 0.5) is 0 Å². The van der Waals surface area contributed by atoms with Gasteiger partial charge in [0.05, 0.1) is 12.8 Å². The molecular weight excluding hydrogens is 308 g/mol. The number of carbonyl (C=O) groups excluding carboxylic acids is 1. The van der Waals surface area contributed by atoms with Gasteiger partial charge in [0.15, 0.2) is 0 Å². The number of amides is 1. The summed E-state index contributed by atoms with van der Waals surface area (Å²) in [5.74, 6) is 1.36. The Morgan fingerprint density at radius 3 is 2.91 bits per heavy atom. The minimum atomic E-state index is 0.146. The number of thiophene rings is 1.